The Hall–Kier alpha value is -1.57. The number of rotatable bonds is 3. The predicted octanol–water partition coefficient (Wildman–Crippen LogP) is 4.47. The molecule has 0 N–H and O–H groups in total. The summed E-state index contributed by atoms with van der Waals surface area (Å²) >= 11 is 0. The Morgan fingerprint density at radius 3 is 2.22 bits per heavy atom. The van der Waals surface area contributed by atoms with Crippen molar-refractivity contribution in [1.29, 1.82) is 0 Å². The number of hydrogen-bond donors (Lipinski definition) is 0. The zero-order valence-corrected chi connectivity index (χ0v) is 12.2. The summed E-state index contributed by atoms with van der Waals surface area (Å²) in [5.74, 6) is 0. The van der Waals surface area contributed by atoms with Gasteiger partial charge in [0.1, 0.15) is 0 Å². The summed E-state index contributed by atoms with van der Waals surface area (Å²) < 4.78 is 2.05. The summed E-state index contributed by atoms with van der Waals surface area (Å²) in [6.45, 7) is 10.4. The van der Waals surface area contributed by atoms with E-state index in [1.54, 1.807) is 0 Å². The van der Waals surface area contributed by atoms with Crippen molar-refractivity contribution in [3.05, 3.63) is 47.3 Å². The molecule has 1 aromatic heterocycles. The Balaban J connectivity index is 0.000000771. The maximum absolute atomic E-state index is 4.45. The molecule has 0 saturated carbocycles. The van der Waals surface area contributed by atoms with E-state index in [9.17, 15) is 0 Å². The molecule has 0 fully saturated rings. The standard InChI is InChI=1S/C14H18N2.C2H6/c1-4-5-14-12(3)10-15-16(14)13-8-6-11(2)7-9-13;1-2/h6-10H,4-5H2,1-3H3;1-2H3. The number of benzene rings is 1. The second-order valence-corrected chi connectivity index (χ2v) is 4.27. The van der Waals surface area contributed by atoms with Crippen LogP contribution in [-0.2, 0) is 6.42 Å². The van der Waals surface area contributed by atoms with E-state index in [4.69, 9.17) is 0 Å². The fourth-order valence-corrected chi connectivity index (χ4v) is 1.90. The van der Waals surface area contributed by atoms with Crippen molar-refractivity contribution in [3.63, 3.8) is 0 Å². The summed E-state index contributed by atoms with van der Waals surface area (Å²) in [6, 6.07) is 8.51. The largest absolute Gasteiger partial charge is 0.238 e. The Morgan fingerprint density at radius 2 is 1.67 bits per heavy atom. The minimum absolute atomic E-state index is 1.08. The summed E-state index contributed by atoms with van der Waals surface area (Å²) in [5, 5.41) is 4.45. The van der Waals surface area contributed by atoms with Gasteiger partial charge in [-0.3, -0.25) is 0 Å². The highest BCUT2D eigenvalue weighted by Gasteiger charge is 2.07. The molecule has 2 aromatic rings. The molecule has 0 radical (unpaired) electrons. The van der Waals surface area contributed by atoms with Gasteiger partial charge in [0.05, 0.1) is 11.9 Å². The quantitative estimate of drug-likeness (QED) is 0.779. The summed E-state index contributed by atoms with van der Waals surface area (Å²) in [4.78, 5) is 0. The van der Waals surface area contributed by atoms with E-state index in [0.29, 0.717) is 0 Å². The third-order valence-corrected chi connectivity index (χ3v) is 2.84. The lowest BCUT2D eigenvalue weighted by Gasteiger charge is -2.07. The van der Waals surface area contributed by atoms with Gasteiger partial charge in [0, 0.05) is 5.69 Å². The maximum Gasteiger partial charge on any atom is 0.0649 e. The molecule has 0 aliphatic heterocycles. The Morgan fingerprint density at radius 1 is 1.06 bits per heavy atom. The van der Waals surface area contributed by atoms with Crippen molar-refractivity contribution in [2.24, 2.45) is 0 Å². The first kappa shape index (κ1) is 14.5. The maximum atomic E-state index is 4.45. The van der Waals surface area contributed by atoms with Gasteiger partial charge in [0.15, 0.2) is 0 Å². The highest BCUT2D eigenvalue weighted by Crippen LogP contribution is 2.16. The molecule has 2 heteroatoms. The van der Waals surface area contributed by atoms with Gasteiger partial charge in [-0.25, -0.2) is 4.68 Å². The van der Waals surface area contributed by atoms with Crippen LogP contribution in [0.3, 0.4) is 0 Å². The fourth-order valence-electron chi connectivity index (χ4n) is 1.90. The summed E-state index contributed by atoms with van der Waals surface area (Å²) in [5.41, 5.74) is 5.04. The van der Waals surface area contributed by atoms with Crippen molar-refractivity contribution >= 4 is 0 Å². The zero-order valence-electron chi connectivity index (χ0n) is 12.2. The van der Waals surface area contributed by atoms with E-state index in [0.717, 1.165) is 18.5 Å². The molecule has 2 rings (SSSR count). The second-order valence-electron chi connectivity index (χ2n) is 4.27. The van der Waals surface area contributed by atoms with Crippen LogP contribution in [0.2, 0.25) is 0 Å². The van der Waals surface area contributed by atoms with Gasteiger partial charge in [-0.2, -0.15) is 5.10 Å². The van der Waals surface area contributed by atoms with E-state index in [2.05, 4.69) is 54.8 Å². The van der Waals surface area contributed by atoms with Crippen LogP contribution in [-0.4, -0.2) is 9.78 Å². The van der Waals surface area contributed by atoms with Crippen LogP contribution < -0.4 is 0 Å². The van der Waals surface area contributed by atoms with Crippen molar-refractivity contribution in [3.8, 4) is 5.69 Å². The number of aromatic nitrogens is 2. The Labute approximate surface area is 111 Å². The van der Waals surface area contributed by atoms with E-state index in [1.165, 1.54) is 16.8 Å². The number of nitrogens with zero attached hydrogens (tertiary/aromatic N) is 2. The summed E-state index contributed by atoms with van der Waals surface area (Å²) in [6.07, 6.45) is 4.18. The second kappa shape index (κ2) is 7.00. The van der Waals surface area contributed by atoms with Crippen LogP contribution >= 0.6 is 0 Å². The van der Waals surface area contributed by atoms with Crippen molar-refractivity contribution in [2.45, 2.75) is 47.5 Å². The minimum Gasteiger partial charge on any atom is -0.238 e. The first-order valence-corrected chi connectivity index (χ1v) is 6.83. The van der Waals surface area contributed by atoms with Crippen molar-refractivity contribution in [1.82, 2.24) is 9.78 Å². The topological polar surface area (TPSA) is 17.8 Å². The molecule has 0 amide bonds. The Kier molecular flexibility index (Phi) is 5.63. The smallest absolute Gasteiger partial charge is 0.0649 e. The molecule has 1 heterocycles. The lowest BCUT2D eigenvalue weighted by molar-refractivity contribution is 0.772. The van der Waals surface area contributed by atoms with Gasteiger partial charge in [-0.15, -0.1) is 0 Å². The minimum atomic E-state index is 1.08. The van der Waals surface area contributed by atoms with Crippen LogP contribution in [0.25, 0.3) is 5.69 Å². The average molecular weight is 244 g/mol. The van der Waals surface area contributed by atoms with Crippen molar-refractivity contribution in [2.75, 3.05) is 0 Å². The lowest BCUT2D eigenvalue weighted by atomic mass is 10.1. The molecule has 0 atom stereocenters. The Bertz CT molecular complexity index is 466. The molecule has 98 valence electrons. The first-order valence-electron chi connectivity index (χ1n) is 6.83. The first-order chi connectivity index (χ1) is 8.72. The van der Waals surface area contributed by atoms with Crippen LogP contribution in [0, 0.1) is 13.8 Å². The highest BCUT2D eigenvalue weighted by atomic mass is 15.3. The van der Waals surface area contributed by atoms with Gasteiger partial charge < -0.3 is 0 Å². The molecule has 0 saturated heterocycles. The molecule has 0 bridgehead atoms. The normalized spacial score (nSPS) is 9.83. The van der Waals surface area contributed by atoms with Crippen LogP contribution in [0.5, 0.6) is 0 Å². The average Bonchev–Trinajstić information content (AvgIpc) is 2.76. The van der Waals surface area contributed by atoms with E-state index < -0.39 is 0 Å². The third-order valence-electron chi connectivity index (χ3n) is 2.84. The molecule has 0 spiro atoms. The van der Waals surface area contributed by atoms with Gasteiger partial charge in [-0.05, 0) is 38.0 Å². The van der Waals surface area contributed by atoms with E-state index >= 15 is 0 Å². The number of aryl methyl sites for hydroxylation is 2. The molecular weight excluding hydrogens is 220 g/mol. The van der Waals surface area contributed by atoms with Gasteiger partial charge in [0.25, 0.3) is 0 Å². The third kappa shape index (κ3) is 3.22. The van der Waals surface area contributed by atoms with E-state index in [1.807, 2.05) is 20.0 Å². The zero-order chi connectivity index (χ0) is 13.5. The fraction of sp³-hybridized carbons (Fsp3) is 0.438. The van der Waals surface area contributed by atoms with Crippen LogP contribution in [0.4, 0.5) is 0 Å². The molecule has 18 heavy (non-hydrogen) atoms. The molecule has 1 aromatic carbocycles. The predicted molar refractivity (Wildman–Crippen MR) is 78.4 cm³/mol. The summed E-state index contributed by atoms with van der Waals surface area (Å²) in [7, 11) is 0. The highest BCUT2D eigenvalue weighted by molar-refractivity contribution is 5.36. The van der Waals surface area contributed by atoms with Crippen LogP contribution in [0.15, 0.2) is 30.5 Å². The molecule has 0 aliphatic carbocycles. The van der Waals surface area contributed by atoms with Gasteiger partial charge in [0.2, 0.25) is 0 Å². The molecule has 2 nitrogen and oxygen atoms in total. The molecule has 0 unspecified atom stereocenters. The van der Waals surface area contributed by atoms with E-state index in [-0.39, 0.29) is 0 Å². The molecular formula is C16H24N2. The SMILES string of the molecule is CC.CCCc1c(C)cnn1-c1ccc(C)cc1. The van der Waals surface area contributed by atoms with Crippen LogP contribution in [0.1, 0.15) is 44.0 Å². The lowest BCUT2D eigenvalue weighted by Crippen LogP contribution is -2.02. The monoisotopic (exact) mass is 244 g/mol. The molecule has 0 aliphatic rings. The van der Waals surface area contributed by atoms with Gasteiger partial charge in [-0.1, -0.05) is 44.9 Å². The van der Waals surface area contributed by atoms with Crippen molar-refractivity contribution < 1.29 is 0 Å². The van der Waals surface area contributed by atoms with Gasteiger partial charge >= 0.3 is 0 Å². The number of hydrogen-bond acceptors (Lipinski definition) is 1.